The maximum absolute atomic E-state index is 10.1. The maximum atomic E-state index is 10.1. The van der Waals surface area contributed by atoms with Crippen molar-refractivity contribution in [2.75, 3.05) is 12.1 Å². The van der Waals surface area contributed by atoms with Crippen LogP contribution in [-0.4, -0.2) is 22.7 Å². The topological polar surface area (TPSA) is 95.2 Å². The van der Waals surface area contributed by atoms with Crippen LogP contribution in [0.15, 0.2) is 18.3 Å². The lowest BCUT2D eigenvalue weighted by molar-refractivity contribution is -0.141. The van der Waals surface area contributed by atoms with Crippen molar-refractivity contribution < 1.29 is 14.7 Å². The van der Waals surface area contributed by atoms with Crippen molar-refractivity contribution >= 4 is 11.8 Å². The van der Waals surface area contributed by atoms with E-state index in [9.17, 15) is 4.79 Å². The highest BCUT2D eigenvalue weighted by atomic mass is 16.7. The standard InChI is InChI=1S/C8H7N3O3/c9-4-6-1-2-10-7(3-6)11-14-5-8(12)13/h1-3H,5H2,(H,10,11)(H,12,13). The SMILES string of the molecule is N#Cc1ccnc(NOCC(=O)O)c1. The number of anilines is 1. The zero-order valence-corrected chi connectivity index (χ0v) is 7.10. The second-order valence-electron chi connectivity index (χ2n) is 2.33. The first-order chi connectivity index (χ1) is 6.72. The molecule has 0 aliphatic rings. The van der Waals surface area contributed by atoms with Gasteiger partial charge in [0.2, 0.25) is 0 Å². The van der Waals surface area contributed by atoms with Crippen molar-refractivity contribution in [1.82, 2.24) is 4.98 Å². The predicted octanol–water partition coefficient (Wildman–Crippen LogP) is 0.381. The number of carboxylic acids is 1. The van der Waals surface area contributed by atoms with E-state index in [0.29, 0.717) is 11.4 Å². The van der Waals surface area contributed by atoms with E-state index in [4.69, 9.17) is 10.4 Å². The minimum Gasteiger partial charge on any atom is -0.479 e. The summed E-state index contributed by atoms with van der Waals surface area (Å²) in [4.78, 5) is 18.4. The van der Waals surface area contributed by atoms with Crippen LogP contribution < -0.4 is 5.48 Å². The van der Waals surface area contributed by atoms with Crippen LogP contribution >= 0.6 is 0 Å². The number of hydrogen-bond donors (Lipinski definition) is 2. The number of nitriles is 1. The highest BCUT2D eigenvalue weighted by Gasteiger charge is 1.98. The summed E-state index contributed by atoms with van der Waals surface area (Å²) in [6.45, 7) is -0.474. The molecule has 2 N–H and O–H groups in total. The zero-order valence-electron chi connectivity index (χ0n) is 7.10. The number of carboxylic acid groups (broad SMARTS) is 1. The third-order valence-corrected chi connectivity index (χ3v) is 1.26. The number of hydrogen-bond acceptors (Lipinski definition) is 5. The van der Waals surface area contributed by atoms with E-state index < -0.39 is 12.6 Å². The second kappa shape index (κ2) is 4.79. The lowest BCUT2D eigenvalue weighted by Crippen LogP contribution is -2.11. The molecule has 6 nitrogen and oxygen atoms in total. The molecule has 1 rings (SSSR count). The molecule has 0 aliphatic heterocycles. The molecule has 72 valence electrons. The van der Waals surface area contributed by atoms with Gasteiger partial charge in [0, 0.05) is 12.3 Å². The van der Waals surface area contributed by atoms with Gasteiger partial charge in [-0.05, 0) is 6.07 Å². The monoisotopic (exact) mass is 193 g/mol. The molecule has 0 unspecified atom stereocenters. The molecule has 1 aromatic rings. The second-order valence-corrected chi connectivity index (χ2v) is 2.33. The van der Waals surface area contributed by atoms with Gasteiger partial charge in [0.1, 0.15) is 0 Å². The average molecular weight is 193 g/mol. The molecular formula is C8H7N3O3. The molecule has 0 bridgehead atoms. The van der Waals surface area contributed by atoms with Crippen molar-refractivity contribution in [3.05, 3.63) is 23.9 Å². The fraction of sp³-hybridized carbons (Fsp3) is 0.125. The summed E-state index contributed by atoms with van der Waals surface area (Å²) in [5.74, 6) is -0.792. The molecule has 0 spiro atoms. The van der Waals surface area contributed by atoms with Gasteiger partial charge in [-0.3, -0.25) is 4.84 Å². The number of nitrogens with zero attached hydrogens (tertiary/aromatic N) is 2. The molecule has 6 heteroatoms. The van der Waals surface area contributed by atoms with Gasteiger partial charge in [0.15, 0.2) is 12.4 Å². The van der Waals surface area contributed by atoms with Crippen LogP contribution in [0.2, 0.25) is 0 Å². The van der Waals surface area contributed by atoms with Crippen molar-refractivity contribution in [1.29, 1.82) is 5.26 Å². The van der Waals surface area contributed by atoms with Crippen LogP contribution in [0.5, 0.6) is 0 Å². The first kappa shape index (κ1) is 9.95. The average Bonchev–Trinajstić information content (AvgIpc) is 2.18. The predicted molar refractivity (Wildman–Crippen MR) is 46.2 cm³/mol. The molecule has 14 heavy (non-hydrogen) atoms. The number of rotatable bonds is 4. The van der Waals surface area contributed by atoms with Crippen LogP contribution in [0.3, 0.4) is 0 Å². The van der Waals surface area contributed by atoms with Gasteiger partial charge in [0.25, 0.3) is 0 Å². The van der Waals surface area contributed by atoms with Gasteiger partial charge in [-0.15, -0.1) is 0 Å². The highest BCUT2D eigenvalue weighted by Crippen LogP contribution is 2.04. The number of carbonyl (C=O) groups is 1. The van der Waals surface area contributed by atoms with Gasteiger partial charge in [-0.1, -0.05) is 0 Å². The molecular weight excluding hydrogens is 186 g/mol. The summed E-state index contributed by atoms with van der Waals surface area (Å²) < 4.78 is 0. The fourth-order valence-corrected chi connectivity index (χ4v) is 0.728. The highest BCUT2D eigenvalue weighted by molar-refractivity contribution is 5.68. The van der Waals surface area contributed by atoms with E-state index in [0.717, 1.165) is 0 Å². The Kier molecular flexibility index (Phi) is 3.41. The van der Waals surface area contributed by atoms with Gasteiger partial charge < -0.3 is 5.11 Å². The molecule has 0 saturated heterocycles. The Morgan fingerprint density at radius 1 is 1.79 bits per heavy atom. The normalized spacial score (nSPS) is 9.07. The number of aromatic nitrogens is 1. The largest absolute Gasteiger partial charge is 0.479 e. The summed E-state index contributed by atoms with van der Waals surface area (Å²) in [7, 11) is 0. The van der Waals surface area contributed by atoms with Crippen LogP contribution in [0.25, 0.3) is 0 Å². The van der Waals surface area contributed by atoms with Crippen molar-refractivity contribution in [3.8, 4) is 6.07 Å². The minimum atomic E-state index is -1.09. The molecule has 1 aromatic heterocycles. The summed E-state index contributed by atoms with van der Waals surface area (Å²) in [5.41, 5.74) is 2.73. The van der Waals surface area contributed by atoms with E-state index in [1.807, 2.05) is 6.07 Å². The van der Waals surface area contributed by atoms with Crippen LogP contribution in [0.1, 0.15) is 5.56 Å². The van der Waals surface area contributed by atoms with E-state index in [-0.39, 0.29) is 0 Å². The summed E-state index contributed by atoms with van der Waals surface area (Å²) in [6.07, 6.45) is 1.42. The zero-order chi connectivity index (χ0) is 10.4. The number of aliphatic carboxylic acids is 1. The Balaban J connectivity index is 2.51. The quantitative estimate of drug-likeness (QED) is 0.671. The fourth-order valence-electron chi connectivity index (χ4n) is 0.728. The van der Waals surface area contributed by atoms with E-state index >= 15 is 0 Å². The van der Waals surface area contributed by atoms with Crippen LogP contribution in [-0.2, 0) is 9.63 Å². The Labute approximate surface area is 79.7 Å². The van der Waals surface area contributed by atoms with Gasteiger partial charge in [0.05, 0.1) is 11.6 Å². The smallest absolute Gasteiger partial charge is 0.332 e. The lowest BCUT2D eigenvalue weighted by atomic mass is 10.3. The molecule has 0 radical (unpaired) electrons. The number of nitrogens with one attached hydrogen (secondary N) is 1. The van der Waals surface area contributed by atoms with Crippen molar-refractivity contribution in [3.63, 3.8) is 0 Å². The van der Waals surface area contributed by atoms with E-state index in [1.165, 1.54) is 18.3 Å². The van der Waals surface area contributed by atoms with Crippen LogP contribution in [0.4, 0.5) is 5.82 Å². The van der Waals surface area contributed by atoms with Gasteiger partial charge in [-0.25, -0.2) is 15.3 Å². The van der Waals surface area contributed by atoms with E-state index in [1.54, 1.807) is 0 Å². The van der Waals surface area contributed by atoms with Crippen molar-refractivity contribution in [2.45, 2.75) is 0 Å². The first-order valence-corrected chi connectivity index (χ1v) is 3.68. The summed E-state index contributed by atoms with van der Waals surface area (Å²) in [6, 6.07) is 4.89. The van der Waals surface area contributed by atoms with Crippen LogP contribution in [0, 0.1) is 11.3 Å². The molecule has 0 aromatic carbocycles. The molecule has 0 fully saturated rings. The third kappa shape index (κ3) is 3.08. The Bertz CT molecular complexity index is 372. The summed E-state index contributed by atoms with van der Waals surface area (Å²) in [5, 5.41) is 16.8. The number of pyridine rings is 1. The minimum absolute atomic E-state index is 0.297. The molecule has 0 saturated carbocycles. The molecule has 0 aliphatic carbocycles. The van der Waals surface area contributed by atoms with Gasteiger partial charge >= 0.3 is 5.97 Å². The Hall–Kier alpha value is -2.13. The van der Waals surface area contributed by atoms with Crippen molar-refractivity contribution in [2.24, 2.45) is 0 Å². The Morgan fingerprint density at radius 2 is 2.57 bits per heavy atom. The Morgan fingerprint density at radius 3 is 3.21 bits per heavy atom. The maximum Gasteiger partial charge on any atom is 0.332 e. The lowest BCUT2D eigenvalue weighted by Gasteiger charge is -2.02. The van der Waals surface area contributed by atoms with E-state index in [2.05, 4.69) is 15.3 Å². The third-order valence-electron chi connectivity index (χ3n) is 1.26. The molecule has 1 heterocycles. The summed E-state index contributed by atoms with van der Waals surface area (Å²) >= 11 is 0. The molecule has 0 amide bonds. The van der Waals surface area contributed by atoms with Gasteiger partial charge in [-0.2, -0.15) is 5.26 Å². The first-order valence-electron chi connectivity index (χ1n) is 3.68. The molecule has 0 atom stereocenters.